The quantitative estimate of drug-likeness (QED) is 0.774. The van der Waals surface area contributed by atoms with Crippen LogP contribution in [0.1, 0.15) is 45.5 Å². The predicted octanol–water partition coefficient (Wildman–Crippen LogP) is 1.80. The van der Waals surface area contributed by atoms with Crippen molar-refractivity contribution in [2.24, 2.45) is 5.92 Å². The van der Waals surface area contributed by atoms with E-state index in [2.05, 4.69) is 26.6 Å². The molecule has 22 heavy (non-hydrogen) atoms. The SMILES string of the molecule is CC(C)[C@](C)(C#N)NC(=O)CSc1n[nH]c([C@H]2CCCO2)n1. The molecule has 1 aromatic rings. The molecule has 0 aliphatic carbocycles. The number of amides is 1. The first-order valence-corrected chi connectivity index (χ1v) is 8.32. The van der Waals surface area contributed by atoms with Crippen LogP contribution in [0.25, 0.3) is 0 Å². The molecule has 1 fully saturated rings. The number of hydrogen-bond donors (Lipinski definition) is 2. The van der Waals surface area contributed by atoms with Gasteiger partial charge < -0.3 is 10.1 Å². The molecule has 2 rings (SSSR count). The minimum absolute atomic E-state index is 0.0153. The summed E-state index contributed by atoms with van der Waals surface area (Å²) in [6.07, 6.45) is 1.95. The maximum atomic E-state index is 12.0. The highest BCUT2D eigenvalue weighted by Crippen LogP contribution is 2.27. The third kappa shape index (κ3) is 3.99. The van der Waals surface area contributed by atoms with Gasteiger partial charge in [0.15, 0.2) is 5.82 Å². The van der Waals surface area contributed by atoms with E-state index in [1.165, 1.54) is 11.8 Å². The van der Waals surface area contributed by atoms with Gasteiger partial charge in [0, 0.05) is 6.61 Å². The Morgan fingerprint density at radius 3 is 3.05 bits per heavy atom. The molecule has 1 amide bonds. The Morgan fingerprint density at radius 1 is 1.68 bits per heavy atom. The summed E-state index contributed by atoms with van der Waals surface area (Å²) < 4.78 is 5.53. The minimum Gasteiger partial charge on any atom is -0.370 e. The summed E-state index contributed by atoms with van der Waals surface area (Å²) in [5.41, 5.74) is -0.862. The van der Waals surface area contributed by atoms with Crippen molar-refractivity contribution in [3.63, 3.8) is 0 Å². The molecule has 0 saturated carbocycles. The topological polar surface area (TPSA) is 104 Å². The lowest BCUT2D eigenvalue weighted by atomic mass is 9.90. The molecule has 0 unspecified atom stereocenters. The van der Waals surface area contributed by atoms with Crippen molar-refractivity contribution >= 4 is 17.7 Å². The number of thioether (sulfide) groups is 1. The van der Waals surface area contributed by atoms with Gasteiger partial charge in [-0.15, -0.1) is 5.10 Å². The van der Waals surface area contributed by atoms with Crippen molar-refractivity contribution in [1.29, 1.82) is 5.26 Å². The van der Waals surface area contributed by atoms with Gasteiger partial charge in [-0.2, -0.15) is 5.26 Å². The van der Waals surface area contributed by atoms with Crippen molar-refractivity contribution in [3.05, 3.63) is 5.82 Å². The Morgan fingerprint density at radius 2 is 2.45 bits per heavy atom. The smallest absolute Gasteiger partial charge is 0.231 e. The summed E-state index contributed by atoms with van der Waals surface area (Å²) in [4.78, 5) is 16.3. The van der Waals surface area contributed by atoms with E-state index in [1.54, 1.807) is 6.92 Å². The molecule has 8 heteroatoms. The van der Waals surface area contributed by atoms with Crippen LogP contribution in [0.15, 0.2) is 5.16 Å². The van der Waals surface area contributed by atoms with Crippen LogP contribution in [0, 0.1) is 17.2 Å². The van der Waals surface area contributed by atoms with Gasteiger partial charge >= 0.3 is 0 Å². The lowest BCUT2D eigenvalue weighted by Gasteiger charge is -2.27. The zero-order chi connectivity index (χ0) is 16.2. The van der Waals surface area contributed by atoms with Crippen LogP contribution >= 0.6 is 11.8 Å². The number of carbonyl (C=O) groups excluding carboxylic acids is 1. The Labute approximate surface area is 134 Å². The maximum Gasteiger partial charge on any atom is 0.231 e. The number of aromatic amines is 1. The van der Waals surface area contributed by atoms with Crippen LogP contribution in [-0.2, 0) is 9.53 Å². The van der Waals surface area contributed by atoms with Crippen LogP contribution in [0.2, 0.25) is 0 Å². The molecule has 2 atom stereocenters. The number of carbonyl (C=O) groups is 1. The molecule has 7 nitrogen and oxygen atoms in total. The monoisotopic (exact) mass is 323 g/mol. The number of nitrogens with one attached hydrogen (secondary N) is 2. The largest absolute Gasteiger partial charge is 0.370 e. The Balaban J connectivity index is 1.85. The number of nitriles is 1. The van der Waals surface area contributed by atoms with Gasteiger partial charge in [-0.3, -0.25) is 9.89 Å². The number of hydrogen-bond acceptors (Lipinski definition) is 6. The van der Waals surface area contributed by atoms with Crippen LogP contribution in [0.5, 0.6) is 0 Å². The van der Waals surface area contributed by atoms with Gasteiger partial charge in [0.05, 0.1) is 11.8 Å². The third-order valence-electron chi connectivity index (χ3n) is 3.84. The van der Waals surface area contributed by atoms with E-state index >= 15 is 0 Å². The second-order valence-corrected chi connectivity index (χ2v) is 6.75. The molecule has 2 heterocycles. The lowest BCUT2D eigenvalue weighted by molar-refractivity contribution is -0.120. The van der Waals surface area contributed by atoms with Gasteiger partial charge in [-0.1, -0.05) is 25.6 Å². The first kappa shape index (κ1) is 16.8. The summed E-state index contributed by atoms with van der Waals surface area (Å²) in [6.45, 7) is 6.28. The standard InChI is InChI=1S/C14H21N5O2S/c1-9(2)14(3,8-15)17-11(20)7-22-13-16-12(18-19-13)10-5-4-6-21-10/h9-10H,4-7H2,1-3H3,(H,17,20)(H,16,18,19)/t10-,14+/m1/s1. The zero-order valence-corrected chi connectivity index (χ0v) is 13.9. The van der Waals surface area contributed by atoms with Crippen molar-refractivity contribution in [3.8, 4) is 6.07 Å². The second-order valence-electron chi connectivity index (χ2n) is 5.81. The van der Waals surface area contributed by atoms with E-state index in [4.69, 9.17) is 4.74 Å². The Kier molecular flexibility index (Phi) is 5.42. The summed E-state index contributed by atoms with van der Waals surface area (Å²) >= 11 is 1.24. The van der Waals surface area contributed by atoms with E-state index < -0.39 is 5.54 Å². The summed E-state index contributed by atoms with van der Waals surface area (Å²) in [5, 5.41) is 19.4. The zero-order valence-electron chi connectivity index (χ0n) is 13.0. The summed E-state index contributed by atoms with van der Waals surface area (Å²) in [7, 11) is 0. The van der Waals surface area contributed by atoms with Gasteiger partial charge in [0.25, 0.3) is 0 Å². The summed E-state index contributed by atoms with van der Waals surface area (Å²) in [5.74, 6) is 0.712. The van der Waals surface area contributed by atoms with Crippen molar-refractivity contribution in [2.45, 2.75) is 50.4 Å². The molecular formula is C14H21N5O2S. The molecule has 1 aliphatic heterocycles. The molecule has 0 spiro atoms. The molecule has 1 aliphatic rings. The van der Waals surface area contributed by atoms with Gasteiger partial charge in [0.1, 0.15) is 11.6 Å². The highest BCUT2D eigenvalue weighted by atomic mass is 32.2. The van der Waals surface area contributed by atoms with Gasteiger partial charge in [0.2, 0.25) is 11.1 Å². The van der Waals surface area contributed by atoms with Crippen LogP contribution in [0.4, 0.5) is 0 Å². The molecule has 1 aromatic heterocycles. The van der Waals surface area contributed by atoms with E-state index in [0.29, 0.717) is 11.0 Å². The molecule has 120 valence electrons. The number of rotatable bonds is 6. The van der Waals surface area contributed by atoms with E-state index in [0.717, 1.165) is 19.4 Å². The first-order valence-electron chi connectivity index (χ1n) is 7.33. The molecule has 1 saturated heterocycles. The molecule has 0 bridgehead atoms. The van der Waals surface area contributed by atoms with Crippen molar-refractivity contribution in [1.82, 2.24) is 20.5 Å². The normalized spacial score (nSPS) is 20.6. The number of nitrogens with zero attached hydrogens (tertiary/aromatic N) is 3. The maximum absolute atomic E-state index is 12.0. The number of aromatic nitrogens is 3. The highest BCUT2D eigenvalue weighted by Gasteiger charge is 2.30. The van der Waals surface area contributed by atoms with Gasteiger partial charge in [-0.05, 0) is 25.7 Å². The van der Waals surface area contributed by atoms with Crippen molar-refractivity contribution < 1.29 is 9.53 Å². The first-order chi connectivity index (χ1) is 10.4. The van der Waals surface area contributed by atoms with Gasteiger partial charge in [-0.25, -0.2) is 4.98 Å². The fourth-order valence-corrected chi connectivity index (χ4v) is 2.62. The molecular weight excluding hydrogens is 302 g/mol. The highest BCUT2D eigenvalue weighted by molar-refractivity contribution is 7.99. The average Bonchev–Trinajstić information content (AvgIpc) is 3.15. The van der Waals surface area contributed by atoms with Crippen molar-refractivity contribution in [2.75, 3.05) is 12.4 Å². The van der Waals surface area contributed by atoms with Crippen LogP contribution in [-0.4, -0.2) is 39.0 Å². The fourth-order valence-electron chi connectivity index (χ4n) is 2.02. The Bertz CT molecular complexity index is 562. The summed E-state index contributed by atoms with van der Waals surface area (Å²) in [6, 6.07) is 2.15. The Hall–Kier alpha value is -1.59. The van der Waals surface area contributed by atoms with E-state index in [1.807, 2.05) is 13.8 Å². The molecule has 2 N–H and O–H groups in total. The average molecular weight is 323 g/mol. The lowest BCUT2D eigenvalue weighted by Crippen LogP contribution is -2.49. The number of ether oxygens (including phenoxy) is 1. The third-order valence-corrected chi connectivity index (χ3v) is 4.68. The minimum atomic E-state index is -0.862. The fraction of sp³-hybridized carbons (Fsp3) is 0.714. The van der Waals surface area contributed by atoms with E-state index in [9.17, 15) is 10.1 Å². The number of H-pyrrole nitrogens is 1. The predicted molar refractivity (Wildman–Crippen MR) is 82.0 cm³/mol. The molecule has 0 radical (unpaired) electrons. The van der Waals surface area contributed by atoms with Crippen LogP contribution in [0.3, 0.4) is 0 Å². The second kappa shape index (κ2) is 7.11. The molecule has 0 aromatic carbocycles. The van der Waals surface area contributed by atoms with E-state index in [-0.39, 0.29) is 23.7 Å². The van der Waals surface area contributed by atoms with Crippen LogP contribution < -0.4 is 5.32 Å².